The first-order valence-electron chi connectivity index (χ1n) is 8.72. The molecule has 0 aliphatic carbocycles. The van der Waals surface area contributed by atoms with Crippen LogP contribution in [0.4, 0.5) is 4.39 Å². The normalized spacial score (nSPS) is 11.3. The average Bonchev–Trinajstić information content (AvgIpc) is 3.15. The standard InChI is InChI=1S/C21H14FN5O/c22-16-10-14(18-11-25-19-5-1-2-9-26(18)19)6-7-15(16)13-27-20(28)12-24-17-4-3-8-23-21(17)27/h1-12H,13H2. The summed E-state index contributed by atoms with van der Waals surface area (Å²) >= 11 is 0. The maximum atomic E-state index is 14.9. The minimum Gasteiger partial charge on any atom is -0.300 e. The average molecular weight is 371 g/mol. The van der Waals surface area contributed by atoms with Crippen molar-refractivity contribution in [3.05, 3.63) is 95.1 Å². The van der Waals surface area contributed by atoms with E-state index in [2.05, 4.69) is 15.0 Å². The number of pyridine rings is 2. The summed E-state index contributed by atoms with van der Waals surface area (Å²) in [6.07, 6.45) is 6.42. The predicted octanol–water partition coefficient (Wildman–Crippen LogP) is 3.29. The van der Waals surface area contributed by atoms with Gasteiger partial charge in [0, 0.05) is 23.5 Å². The van der Waals surface area contributed by atoms with Crippen LogP contribution in [0.15, 0.2) is 78.1 Å². The lowest BCUT2D eigenvalue weighted by molar-refractivity contribution is 0.599. The van der Waals surface area contributed by atoms with E-state index in [1.54, 1.807) is 30.6 Å². The Labute approximate surface area is 158 Å². The highest BCUT2D eigenvalue weighted by atomic mass is 19.1. The number of benzene rings is 1. The summed E-state index contributed by atoms with van der Waals surface area (Å²) in [5.41, 5.74) is 3.40. The fourth-order valence-corrected chi connectivity index (χ4v) is 3.30. The van der Waals surface area contributed by atoms with Crippen molar-refractivity contribution in [1.29, 1.82) is 0 Å². The highest BCUT2D eigenvalue weighted by Crippen LogP contribution is 2.23. The molecule has 0 aliphatic rings. The fourth-order valence-electron chi connectivity index (χ4n) is 3.30. The lowest BCUT2D eigenvalue weighted by Crippen LogP contribution is -2.22. The zero-order valence-electron chi connectivity index (χ0n) is 14.7. The van der Waals surface area contributed by atoms with Crippen LogP contribution in [0, 0.1) is 5.82 Å². The van der Waals surface area contributed by atoms with Gasteiger partial charge in [-0.1, -0.05) is 18.2 Å². The molecule has 0 saturated carbocycles. The summed E-state index contributed by atoms with van der Waals surface area (Å²) in [7, 11) is 0. The van der Waals surface area contributed by atoms with Crippen molar-refractivity contribution in [2.45, 2.75) is 6.54 Å². The van der Waals surface area contributed by atoms with E-state index in [1.807, 2.05) is 34.9 Å². The molecular formula is C21H14FN5O. The Bertz CT molecular complexity index is 1390. The number of aromatic nitrogens is 5. The number of imidazole rings is 1. The SMILES string of the molecule is O=c1cnc2cccnc2n1Cc1ccc(-c2cnc3ccccn23)cc1F. The van der Waals surface area contributed by atoms with E-state index in [9.17, 15) is 9.18 Å². The Kier molecular flexibility index (Phi) is 3.72. The Morgan fingerprint density at radius 3 is 2.79 bits per heavy atom. The summed E-state index contributed by atoms with van der Waals surface area (Å²) in [5.74, 6) is -0.392. The molecule has 0 fully saturated rings. The Balaban J connectivity index is 1.57. The third-order valence-corrected chi connectivity index (χ3v) is 4.70. The van der Waals surface area contributed by atoms with E-state index in [1.165, 1.54) is 16.8 Å². The summed E-state index contributed by atoms with van der Waals surface area (Å²) < 4.78 is 18.2. The Morgan fingerprint density at radius 2 is 1.89 bits per heavy atom. The molecule has 0 atom stereocenters. The van der Waals surface area contributed by atoms with Gasteiger partial charge < -0.3 is 0 Å². The summed E-state index contributed by atoms with van der Waals surface area (Å²) in [5, 5.41) is 0. The van der Waals surface area contributed by atoms with Crippen molar-refractivity contribution in [1.82, 2.24) is 23.9 Å². The lowest BCUT2D eigenvalue weighted by Gasteiger charge is -2.10. The van der Waals surface area contributed by atoms with Gasteiger partial charge in [0.1, 0.15) is 17.0 Å². The molecule has 7 heteroatoms. The molecule has 0 bridgehead atoms. The smallest absolute Gasteiger partial charge is 0.270 e. The lowest BCUT2D eigenvalue weighted by atomic mass is 10.1. The van der Waals surface area contributed by atoms with Crippen LogP contribution < -0.4 is 5.56 Å². The highest BCUT2D eigenvalue weighted by molar-refractivity contribution is 5.69. The van der Waals surface area contributed by atoms with E-state index in [4.69, 9.17) is 0 Å². The van der Waals surface area contributed by atoms with Gasteiger partial charge in [-0.2, -0.15) is 0 Å². The molecule has 136 valence electrons. The van der Waals surface area contributed by atoms with Crippen LogP contribution in [-0.2, 0) is 6.54 Å². The van der Waals surface area contributed by atoms with Crippen molar-refractivity contribution in [2.75, 3.05) is 0 Å². The summed E-state index contributed by atoms with van der Waals surface area (Å²) in [6, 6.07) is 14.2. The quantitative estimate of drug-likeness (QED) is 0.488. The Hall–Kier alpha value is -3.87. The summed E-state index contributed by atoms with van der Waals surface area (Å²) in [6.45, 7) is 0.0775. The second-order valence-corrected chi connectivity index (χ2v) is 6.41. The molecule has 0 aliphatic heterocycles. The molecular weight excluding hydrogens is 357 g/mol. The molecule has 4 heterocycles. The third-order valence-electron chi connectivity index (χ3n) is 4.70. The largest absolute Gasteiger partial charge is 0.300 e. The minimum absolute atomic E-state index is 0.0775. The zero-order valence-corrected chi connectivity index (χ0v) is 14.7. The van der Waals surface area contributed by atoms with Gasteiger partial charge in [-0.25, -0.2) is 19.3 Å². The fraction of sp³-hybridized carbons (Fsp3) is 0.0476. The van der Waals surface area contributed by atoms with Crippen molar-refractivity contribution in [3.8, 4) is 11.3 Å². The number of fused-ring (bicyclic) bond motifs is 2. The molecule has 0 spiro atoms. The topological polar surface area (TPSA) is 65.1 Å². The van der Waals surface area contributed by atoms with Crippen LogP contribution in [0.1, 0.15) is 5.56 Å². The predicted molar refractivity (Wildman–Crippen MR) is 103 cm³/mol. The maximum Gasteiger partial charge on any atom is 0.270 e. The minimum atomic E-state index is -0.392. The number of halogens is 1. The molecule has 5 aromatic rings. The Morgan fingerprint density at radius 1 is 0.964 bits per heavy atom. The van der Waals surface area contributed by atoms with Crippen LogP contribution in [0.2, 0.25) is 0 Å². The summed E-state index contributed by atoms with van der Waals surface area (Å²) in [4.78, 5) is 24.9. The molecule has 0 saturated heterocycles. The van der Waals surface area contributed by atoms with Gasteiger partial charge in [0.15, 0.2) is 5.65 Å². The number of nitrogens with zero attached hydrogens (tertiary/aromatic N) is 5. The van der Waals surface area contributed by atoms with E-state index < -0.39 is 5.82 Å². The van der Waals surface area contributed by atoms with E-state index in [0.717, 1.165) is 11.3 Å². The molecule has 0 unspecified atom stereocenters. The van der Waals surface area contributed by atoms with Gasteiger partial charge in [0.05, 0.1) is 24.6 Å². The van der Waals surface area contributed by atoms with Crippen LogP contribution in [-0.4, -0.2) is 23.9 Å². The second-order valence-electron chi connectivity index (χ2n) is 6.41. The van der Waals surface area contributed by atoms with Crippen LogP contribution in [0.5, 0.6) is 0 Å². The van der Waals surface area contributed by atoms with Crippen LogP contribution in [0.3, 0.4) is 0 Å². The van der Waals surface area contributed by atoms with E-state index in [0.29, 0.717) is 22.3 Å². The van der Waals surface area contributed by atoms with Gasteiger partial charge >= 0.3 is 0 Å². The van der Waals surface area contributed by atoms with Crippen molar-refractivity contribution >= 4 is 16.8 Å². The molecule has 0 amide bonds. The van der Waals surface area contributed by atoms with Gasteiger partial charge in [-0.05, 0) is 30.3 Å². The number of hydrogen-bond acceptors (Lipinski definition) is 4. The van der Waals surface area contributed by atoms with Crippen molar-refractivity contribution in [3.63, 3.8) is 0 Å². The highest BCUT2D eigenvalue weighted by Gasteiger charge is 2.12. The van der Waals surface area contributed by atoms with E-state index >= 15 is 0 Å². The number of hydrogen-bond donors (Lipinski definition) is 0. The van der Waals surface area contributed by atoms with Gasteiger partial charge in [-0.3, -0.25) is 13.8 Å². The molecule has 4 aromatic heterocycles. The molecule has 0 radical (unpaired) electrons. The van der Waals surface area contributed by atoms with Gasteiger partial charge in [0.2, 0.25) is 0 Å². The molecule has 6 nitrogen and oxygen atoms in total. The van der Waals surface area contributed by atoms with Gasteiger partial charge in [0.25, 0.3) is 5.56 Å². The second kappa shape index (κ2) is 6.38. The van der Waals surface area contributed by atoms with Crippen LogP contribution in [0.25, 0.3) is 28.1 Å². The van der Waals surface area contributed by atoms with Crippen molar-refractivity contribution in [2.24, 2.45) is 0 Å². The first kappa shape index (κ1) is 16.3. The molecule has 1 aromatic carbocycles. The first-order chi connectivity index (χ1) is 13.7. The molecule has 28 heavy (non-hydrogen) atoms. The monoisotopic (exact) mass is 371 g/mol. The third kappa shape index (κ3) is 2.64. The molecule has 0 N–H and O–H groups in total. The van der Waals surface area contributed by atoms with E-state index in [-0.39, 0.29) is 12.1 Å². The van der Waals surface area contributed by atoms with Gasteiger partial charge in [-0.15, -0.1) is 0 Å². The first-order valence-corrected chi connectivity index (χ1v) is 8.72. The number of rotatable bonds is 3. The van der Waals surface area contributed by atoms with Crippen LogP contribution >= 0.6 is 0 Å². The molecule has 5 rings (SSSR count). The van der Waals surface area contributed by atoms with Crippen molar-refractivity contribution < 1.29 is 4.39 Å². The maximum absolute atomic E-state index is 14.9. The zero-order chi connectivity index (χ0) is 19.1.